The molecule has 0 unspecified atom stereocenters. The van der Waals surface area contributed by atoms with E-state index in [1.54, 1.807) is 41.4 Å². The minimum Gasteiger partial charge on any atom is -0.443 e. The molecule has 1 amide bonds. The fraction of sp³-hybridized carbons (Fsp3) is 0.273. The van der Waals surface area contributed by atoms with Crippen LogP contribution in [0.1, 0.15) is 11.1 Å². The van der Waals surface area contributed by atoms with Crippen molar-refractivity contribution < 1.29 is 13.9 Å². The number of fused-ring (bicyclic) bond motifs is 1. The molecule has 1 aromatic heterocycles. The molecule has 0 aliphatic carbocycles. The number of hydrogen-bond donors (Lipinski definition) is 0. The molecule has 0 saturated carbocycles. The van der Waals surface area contributed by atoms with Gasteiger partial charge in [-0.2, -0.15) is 0 Å². The standard InChI is InChI=1S/C22H20FN3O2S2/c23-19-11-17(26-13-18(28-22(26)27)14-30-21-24-8-10-29-21)5-6-20(19)25-9-7-15-3-1-2-4-16(15)12-25/h1-6,8,10-11,18H,7,9,12-14H2/t18-/m1/s1. The molecule has 5 nitrogen and oxygen atoms in total. The van der Waals surface area contributed by atoms with E-state index in [4.69, 9.17) is 4.74 Å². The van der Waals surface area contributed by atoms with E-state index in [1.165, 1.54) is 22.1 Å². The Kier molecular flexibility index (Phi) is 5.35. The number of carbonyl (C=O) groups is 1. The van der Waals surface area contributed by atoms with Crippen LogP contribution in [0.5, 0.6) is 0 Å². The van der Waals surface area contributed by atoms with Gasteiger partial charge in [0.15, 0.2) is 0 Å². The molecular formula is C22H20FN3O2S2. The Morgan fingerprint density at radius 1 is 1.23 bits per heavy atom. The molecule has 2 aromatic carbocycles. The fourth-order valence-corrected chi connectivity index (χ4v) is 5.53. The normalized spacial score (nSPS) is 18.4. The van der Waals surface area contributed by atoms with Gasteiger partial charge < -0.3 is 9.64 Å². The zero-order chi connectivity index (χ0) is 20.5. The molecule has 0 spiro atoms. The molecule has 0 N–H and O–H groups in total. The zero-order valence-corrected chi connectivity index (χ0v) is 17.8. The van der Waals surface area contributed by atoms with E-state index in [-0.39, 0.29) is 11.9 Å². The van der Waals surface area contributed by atoms with Gasteiger partial charge in [-0.3, -0.25) is 4.90 Å². The molecule has 2 aliphatic rings. The van der Waals surface area contributed by atoms with Crippen LogP contribution in [-0.4, -0.2) is 36.0 Å². The van der Waals surface area contributed by atoms with Gasteiger partial charge >= 0.3 is 6.09 Å². The third kappa shape index (κ3) is 3.89. The lowest BCUT2D eigenvalue weighted by atomic mass is 9.99. The van der Waals surface area contributed by atoms with E-state index >= 15 is 0 Å². The summed E-state index contributed by atoms with van der Waals surface area (Å²) < 4.78 is 21.4. The Hall–Kier alpha value is -2.58. The molecule has 0 radical (unpaired) electrons. The minimum atomic E-state index is -0.432. The second kappa shape index (κ2) is 8.28. The number of amides is 1. The molecule has 3 aromatic rings. The number of thioether (sulfide) groups is 1. The van der Waals surface area contributed by atoms with E-state index in [9.17, 15) is 9.18 Å². The summed E-state index contributed by atoms with van der Waals surface area (Å²) in [5.41, 5.74) is 3.65. The lowest BCUT2D eigenvalue weighted by Crippen LogP contribution is -2.31. The molecule has 0 bridgehead atoms. The topological polar surface area (TPSA) is 45.7 Å². The van der Waals surface area contributed by atoms with Crippen LogP contribution in [0.4, 0.5) is 20.6 Å². The van der Waals surface area contributed by atoms with Crippen molar-refractivity contribution in [1.82, 2.24) is 4.98 Å². The van der Waals surface area contributed by atoms with E-state index in [0.29, 0.717) is 30.2 Å². The number of anilines is 2. The first kappa shape index (κ1) is 19.4. The van der Waals surface area contributed by atoms with Gasteiger partial charge in [0.1, 0.15) is 16.3 Å². The van der Waals surface area contributed by atoms with Crippen LogP contribution in [0.25, 0.3) is 0 Å². The Balaban J connectivity index is 1.27. The van der Waals surface area contributed by atoms with Gasteiger partial charge in [-0.25, -0.2) is 14.2 Å². The summed E-state index contributed by atoms with van der Waals surface area (Å²) in [6.45, 7) is 1.87. The highest BCUT2D eigenvalue weighted by Gasteiger charge is 2.33. The van der Waals surface area contributed by atoms with Crippen LogP contribution in [0.2, 0.25) is 0 Å². The number of nitrogens with zero attached hydrogens (tertiary/aromatic N) is 3. The van der Waals surface area contributed by atoms with E-state index in [2.05, 4.69) is 22.0 Å². The SMILES string of the molecule is O=C1O[C@@H](CSc2nccs2)CN1c1ccc(N2CCc3ccccc3C2)c(F)c1. The maximum absolute atomic E-state index is 15.0. The van der Waals surface area contributed by atoms with Crippen LogP contribution in [0.15, 0.2) is 58.4 Å². The molecule has 8 heteroatoms. The molecule has 5 rings (SSSR count). The first-order valence-electron chi connectivity index (χ1n) is 9.79. The maximum Gasteiger partial charge on any atom is 0.414 e. The van der Waals surface area contributed by atoms with Crippen molar-refractivity contribution in [2.45, 2.75) is 23.4 Å². The molecule has 1 atom stereocenters. The van der Waals surface area contributed by atoms with Gasteiger partial charge in [0.2, 0.25) is 0 Å². The number of carbonyl (C=O) groups excluding carboxylic acids is 1. The molecule has 1 saturated heterocycles. The van der Waals surface area contributed by atoms with Crippen LogP contribution in [0.3, 0.4) is 0 Å². The highest BCUT2D eigenvalue weighted by molar-refractivity contribution is 8.01. The van der Waals surface area contributed by atoms with Crippen LogP contribution in [-0.2, 0) is 17.7 Å². The quantitative estimate of drug-likeness (QED) is 0.524. The van der Waals surface area contributed by atoms with Crippen molar-refractivity contribution in [3.8, 4) is 0 Å². The average Bonchev–Trinajstić information content (AvgIpc) is 3.41. The Morgan fingerprint density at radius 2 is 2.10 bits per heavy atom. The van der Waals surface area contributed by atoms with Crippen LogP contribution in [0, 0.1) is 5.82 Å². The van der Waals surface area contributed by atoms with Gasteiger partial charge in [0.25, 0.3) is 0 Å². The van der Waals surface area contributed by atoms with Crippen molar-refractivity contribution in [2.24, 2.45) is 0 Å². The lowest BCUT2D eigenvalue weighted by molar-refractivity contribution is 0.151. The molecule has 2 aliphatic heterocycles. The van der Waals surface area contributed by atoms with Crippen LogP contribution >= 0.6 is 23.1 Å². The summed E-state index contributed by atoms with van der Waals surface area (Å²) in [4.78, 5) is 20.1. The third-order valence-electron chi connectivity index (χ3n) is 5.39. The Bertz CT molecular complexity index is 1060. The number of thiazole rings is 1. The second-order valence-electron chi connectivity index (χ2n) is 7.30. The minimum absolute atomic E-state index is 0.243. The van der Waals surface area contributed by atoms with Crippen molar-refractivity contribution in [3.05, 3.63) is 71.0 Å². The lowest BCUT2D eigenvalue weighted by Gasteiger charge is -2.31. The van der Waals surface area contributed by atoms with Gasteiger partial charge in [0, 0.05) is 30.4 Å². The highest BCUT2D eigenvalue weighted by Crippen LogP contribution is 2.32. The first-order chi connectivity index (χ1) is 14.7. The molecule has 154 valence electrons. The Labute approximate surface area is 182 Å². The fourth-order valence-electron chi connectivity index (χ4n) is 3.89. The van der Waals surface area contributed by atoms with Gasteiger partial charge in [-0.15, -0.1) is 11.3 Å². The number of aromatic nitrogens is 1. The number of rotatable bonds is 5. The summed E-state index contributed by atoms with van der Waals surface area (Å²) in [7, 11) is 0. The van der Waals surface area contributed by atoms with Crippen molar-refractivity contribution in [3.63, 3.8) is 0 Å². The van der Waals surface area contributed by atoms with Crippen molar-refractivity contribution in [2.75, 3.05) is 28.6 Å². The van der Waals surface area contributed by atoms with E-state index in [1.807, 2.05) is 17.5 Å². The largest absolute Gasteiger partial charge is 0.443 e. The van der Waals surface area contributed by atoms with Crippen molar-refractivity contribution in [1.29, 1.82) is 0 Å². The molecule has 3 heterocycles. The monoisotopic (exact) mass is 441 g/mol. The number of ether oxygens (including phenoxy) is 1. The van der Waals surface area contributed by atoms with Gasteiger partial charge in [0.05, 0.1) is 17.9 Å². The number of halogens is 1. The summed E-state index contributed by atoms with van der Waals surface area (Å²) in [6, 6.07) is 13.3. The average molecular weight is 442 g/mol. The first-order valence-corrected chi connectivity index (χ1v) is 11.7. The van der Waals surface area contributed by atoms with E-state index in [0.717, 1.165) is 17.3 Å². The predicted molar refractivity (Wildman–Crippen MR) is 118 cm³/mol. The van der Waals surface area contributed by atoms with E-state index < -0.39 is 6.09 Å². The summed E-state index contributed by atoms with van der Waals surface area (Å²) in [5, 5.41) is 1.92. The highest BCUT2D eigenvalue weighted by atomic mass is 32.2. The summed E-state index contributed by atoms with van der Waals surface area (Å²) >= 11 is 3.13. The predicted octanol–water partition coefficient (Wildman–Crippen LogP) is 4.96. The zero-order valence-electron chi connectivity index (χ0n) is 16.2. The number of cyclic esters (lactones) is 1. The second-order valence-corrected chi connectivity index (χ2v) is 9.46. The van der Waals surface area contributed by atoms with Gasteiger partial charge in [-0.1, -0.05) is 36.0 Å². The summed E-state index contributed by atoms with van der Waals surface area (Å²) in [5.74, 6) is 0.309. The summed E-state index contributed by atoms with van der Waals surface area (Å²) in [6.07, 6.45) is 1.98. The molecular weight excluding hydrogens is 421 g/mol. The Morgan fingerprint density at radius 3 is 2.90 bits per heavy atom. The maximum atomic E-state index is 15.0. The smallest absolute Gasteiger partial charge is 0.414 e. The third-order valence-corrected chi connectivity index (χ3v) is 7.49. The number of benzene rings is 2. The van der Waals surface area contributed by atoms with Crippen LogP contribution < -0.4 is 9.80 Å². The molecule has 30 heavy (non-hydrogen) atoms. The number of hydrogen-bond acceptors (Lipinski definition) is 6. The molecule has 1 fully saturated rings. The van der Waals surface area contributed by atoms with Crippen molar-refractivity contribution >= 4 is 40.6 Å². The van der Waals surface area contributed by atoms with Gasteiger partial charge in [-0.05, 0) is 35.7 Å².